The van der Waals surface area contributed by atoms with Crippen LogP contribution >= 0.6 is 0 Å². The number of fused-ring (bicyclic) bond motifs is 1. The smallest absolute Gasteiger partial charge is 0.243 e. The van der Waals surface area contributed by atoms with E-state index in [2.05, 4.69) is 9.97 Å². The topological polar surface area (TPSA) is 95.2 Å². The number of sulfonamides is 1. The lowest BCUT2D eigenvalue weighted by atomic mass is 10.2. The molecule has 0 saturated heterocycles. The van der Waals surface area contributed by atoms with Gasteiger partial charge in [0, 0.05) is 23.8 Å². The predicted molar refractivity (Wildman–Crippen MR) is 77.4 cm³/mol. The molecular formula is C14H11N3O3S. The molecule has 0 aliphatic rings. The maximum atomic E-state index is 11.5. The number of hydrogen-bond acceptors (Lipinski definition) is 5. The van der Waals surface area contributed by atoms with E-state index in [1.165, 1.54) is 18.3 Å². The van der Waals surface area contributed by atoms with E-state index in [1.54, 1.807) is 18.3 Å². The van der Waals surface area contributed by atoms with Gasteiger partial charge in [0.15, 0.2) is 0 Å². The lowest BCUT2D eigenvalue weighted by Gasteiger charge is -2.08. The monoisotopic (exact) mass is 301 g/mol. The second-order valence-corrected chi connectivity index (χ2v) is 5.84. The molecule has 1 aromatic carbocycles. The van der Waals surface area contributed by atoms with E-state index in [1.807, 2.05) is 18.2 Å². The van der Waals surface area contributed by atoms with Crippen molar-refractivity contribution in [2.45, 2.75) is 4.90 Å². The molecule has 0 amide bonds. The molecule has 106 valence electrons. The van der Waals surface area contributed by atoms with Crippen LogP contribution in [0.3, 0.4) is 0 Å². The van der Waals surface area contributed by atoms with Crippen LogP contribution in [0.4, 0.5) is 0 Å². The van der Waals surface area contributed by atoms with Crippen molar-refractivity contribution in [2.75, 3.05) is 0 Å². The van der Waals surface area contributed by atoms with Gasteiger partial charge in [0.2, 0.25) is 15.9 Å². The van der Waals surface area contributed by atoms with Crippen LogP contribution in [0.2, 0.25) is 0 Å². The maximum Gasteiger partial charge on any atom is 0.243 e. The summed E-state index contributed by atoms with van der Waals surface area (Å²) in [7, 11) is -3.90. The molecule has 3 aromatic rings. The minimum absolute atomic E-state index is 0.0599. The fourth-order valence-electron chi connectivity index (χ4n) is 1.89. The zero-order valence-corrected chi connectivity index (χ0v) is 11.6. The van der Waals surface area contributed by atoms with Crippen molar-refractivity contribution < 1.29 is 13.2 Å². The third kappa shape index (κ3) is 2.83. The SMILES string of the molecule is NS(=O)(=O)c1cccnc1Oc1ccc2cccnc2c1. The molecule has 0 bridgehead atoms. The molecule has 2 N–H and O–H groups in total. The zero-order valence-electron chi connectivity index (χ0n) is 10.8. The first-order valence-electron chi connectivity index (χ1n) is 6.04. The molecule has 0 radical (unpaired) electrons. The molecule has 0 fully saturated rings. The molecule has 6 nitrogen and oxygen atoms in total. The van der Waals surface area contributed by atoms with E-state index < -0.39 is 10.0 Å². The number of aromatic nitrogens is 2. The van der Waals surface area contributed by atoms with Gasteiger partial charge in [0.25, 0.3) is 0 Å². The van der Waals surface area contributed by atoms with Gasteiger partial charge in [0.05, 0.1) is 5.52 Å². The average molecular weight is 301 g/mol. The number of nitrogens with two attached hydrogens (primary N) is 1. The molecule has 2 heterocycles. The number of primary sulfonamides is 1. The number of benzene rings is 1. The Bertz CT molecular complexity index is 910. The Hall–Kier alpha value is -2.51. The van der Waals surface area contributed by atoms with E-state index in [0.29, 0.717) is 5.75 Å². The standard InChI is InChI=1S/C14H11N3O3S/c15-21(18,19)13-4-2-8-17-14(13)20-11-6-5-10-3-1-7-16-12(10)9-11/h1-9H,(H2,15,18,19). The van der Waals surface area contributed by atoms with Gasteiger partial charge in [-0.3, -0.25) is 4.98 Å². The lowest BCUT2D eigenvalue weighted by molar-refractivity contribution is 0.448. The van der Waals surface area contributed by atoms with E-state index in [9.17, 15) is 8.42 Å². The number of pyridine rings is 2. The number of ether oxygens (including phenoxy) is 1. The normalized spacial score (nSPS) is 11.5. The van der Waals surface area contributed by atoms with E-state index in [-0.39, 0.29) is 10.8 Å². The Morgan fingerprint density at radius 1 is 1.00 bits per heavy atom. The van der Waals surface area contributed by atoms with Crippen molar-refractivity contribution in [1.29, 1.82) is 0 Å². The molecule has 0 aliphatic carbocycles. The Balaban J connectivity index is 2.03. The van der Waals surface area contributed by atoms with Crippen LogP contribution in [0.5, 0.6) is 11.6 Å². The Morgan fingerprint density at radius 2 is 1.76 bits per heavy atom. The van der Waals surface area contributed by atoms with Gasteiger partial charge in [-0.1, -0.05) is 6.07 Å². The van der Waals surface area contributed by atoms with Crippen LogP contribution in [-0.4, -0.2) is 18.4 Å². The fraction of sp³-hybridized carbons (Fsp3) is 0. The molecule has 3 rings (SSSR count). The first kappa shape index (κ1) is 13.5. The quantitative estimate of drug-likeness (QED) is 0.799. The van der Waals surface area contributed by atoms with Crippen molar-refractivity contribution in [1.82, 2.24) is 9.97 Å². The highest BCUT2D eigenvalue weighted by molar-refractivity contribution is 7.89. The van der Waals surface area contributed by atoms with E-state index >= 15 is 0 Å². The number of rotatable bonds is 3. The molecule has 21 heavy (non-hydrogen) atoms. The first-order valence-corrected chi connectivity index (χ1v) is 7.59. The second-order valence-electron chi connectivity index (χ2n) is 4.31. The van der Waals surface area contributed by atoms with Crippen LogP contribution < -0.4 is 9.88 Å². The summed E-state index contributed by atoms with van der Waals surface area (Å²) in [6, 6.07) is 11.8. The Kier molecular flexibility index (Phi) is 3.28. The van der Waals surface area contributed by atoms with Gasteiger partial charge in [-0.15, -0.1) is 0 Å². The minimum atomic E-state index is -3.90. The van der Waals surface area contributed by atoms with Gasteiger partial charge in [-0.05, 0) is 30.3 Å². The molecule has 0 aliphatic heterocycles. The highest BCUT2D eigenvalue weighted by Gasteiger charge is 2.16. The Labute approximate surface area is 121 Å². The van der Waals surface area contributed by atoms with Crippen molar-refractivity contribution in [3.8, 4) is 11.6 Å². The maximum absolute atomic E-state index is 11.5. The van der Waals surface area contributed by atoms with Crippen molar-refractivity contribution in [3.05, 3.63) is 54.9 Å². The summed E-state index contributed by atoms with van der Waals surface area (Å²) in [6.45, 7) is 0. The molecule has 0 spiro atoms. The van der Waals surface area contributed by atoms with Crippen molar-refractivity contribution in [2.24, 2.45) is 5.14 Å². The highest BCUT2D eigenvalue weighted by Crippen LogP contribution is 2.27. The summed E-state index contributed by atoms with van der Waals surface area (Å²) in [4.78, 5) is 7.97. The van der Waals surface area contributed by atoms with Gasteiger partial charge in [-0.25, -0.2) is 18.5 Å². The third-order valence-corrected chi connectivity index (χ3v) is 3.76. The average Bonchev–Trinajstić information content (AvgIpc) is 2.46. The van der Waals surface area contributed by atoms with Crippen LogP contribution in [-0.2, 0) is 10.0 Å². The van der Waals surface area contributed by atoms with Crippen molar-refractivity contribution >= 4 is 20.9 Å². The predicted octanol–water partition coefficient (Wildman–Crippen LogP) is 2.07. The van der Waals surface area contributed by atoms with Gasteiger partial charge >= 0.3 is 0 Å². The molecule has 0 unspecified atom stereocenters. The molecule has 7 heteroatoms. The van der Waals surface area contributed by atoms with Crippen LogP contribution in [0.25, 0.3) is 10.9 Å². The van der Waals surface area contributed by atoms with Crippen molar-refractivity contribution in [3.63, 3.8) is 0 Å². The summed E-state index contributed by atoms with van der Waals surface area (Å²) in [6.07, 6.45) is 3.10. The first-order chi connectivity index (χ1) is 10.0. The molecular weight excluding hydrogens is 290 g/mol. The minimum Gasteiger partial charge on any atom is -0.438 e. The highest BCUT2D eigenvalue weighted by atomic mass is 32.2. The van der Waals surface area contributed by atoms with Gasteiger partial charge in [0.1, 0.15) is 10.6 Å². The molecule has 2 aromatic heterocycles. The van der Waals surface area contributed by atoms with Gasteiger partial charge in [-0.2, -0.15) is 0 Å². The zero-order chi connectivity index (χ0) is 14.9. The number of hydrogen-bond donors (Lipinski definition) is 1. The fourth-order valence-corrected chi connectivity index (χ4v) is 2.50. The summed E-state index contributed by atoms with van der Waals surface area (Å²) in [5, 5.41) is 6.10. The third-order valence-electron chi connectivity index (χ3n) is 2.83. The summed E-state index contributed by atoms with van der Waals surface area (Å²) in [5.41, 5.74) is 0.739. The summed E-state index contributed by atoms with van der Waals surface area (Å²) >= 11 is 0. The summed E-state index contributed by atoms with van der Waals surface area (Å²) < 4.78 is 28.5. The number of nitrogens with zero attached hydrogens (tertiary/aromatic N) is 2. The second kappa shape index (κ2) is 5.12. The summed E-state index contributed by atoms with van der Waals surface area (Å²) in [5.74, 6) is 0.375. The Morgan fingerprint density at radius 3 is 2.57 bits per heavy atom. The van der Waals surface area contributed by atoms with Crippen LogP contribution in [0.15, 0.2) is 59.8 Å². The largest absolute Gasteiger partial charge is 0.438 e. The van der Waals surface area contributed by atoms with Gasteiger partial charge < -0.3 is 4.74 Å². The van der Waals surface area contributed by atoms with E-state index in [4.69, 9.17) is 9.88 Å². The lowest BCUT2D eigenvalue weighted by Crippen LogP contribution is -2.13. The van der Waals surface area contributed by atoms with E-state index in [0.717, 1.165) is 10.9 Å². The van der Waals surface area contributed by atoms with Crippen LogP contribution in [0.1, 0.15) is 0 Å². The van der Waals surface area contributed by atoms with Crippen LogP contribution in [0, 0.1) is 0 Å². The molecule has 0 saturated carbocycles. The molecule has 0 atom stereocenters.